The largest absolute Gasteiger partial charge is 0.507 e. The first-order valence-electron chi connectivity index (χ1n) is 10.7. The monoisotopic (exact) mass is 425 g/mol. The lowest BCUT2D eigenvalue weighted by molar-refractivity contribution is -0.928. The summed E-state index contributed by atoms with van der Waals surface area (Å²) in [4.78, 5) is 18.7. The number of rotatable bonds is 3. The van der Waals surface area contributed by atoms with Crippen LogP contribution in [0.15, 0.2) is 32.8 Å². The van der Waals surface area contributed by atoms with Gasteiger partial charge in [-0.25, -0.2) is 9.78 Å². The van der Waals surface area contributed by atoms with E-state index in [2.05, 4.69) is 25.8 Å². The van der Waals surface area contributed by atoms with E-state index in [1.54, 1.807) is 6.07 Å². The Morgan fingerprint density at radius 3 is 2.83 bits per heavy atom. The van der Waals surface area contributed by atoms with Gasteiger partial charge in [0.15, 0.2) is 5.58 Å². The lowest BCUT2D eigenvalue weighted by Gasteiger charge is -2.37. The molecule has 0 amide bonds. The minimum Gasteiger partial charge on any atom is -0.507 e. The number of hydrogen-bond donors (Lipinski definition) is 2. The van der Waals surface area contributed by atoms with Crippen LogP contribution in [0.1, 0.15) is 51.3 Å². The zero-order valence-electron chi connectivity index (χ0n) is 18.0. The third kappa shape index (κ3) is 3.36. The smallest absolute Gasteiger partial charge is 0.346 e. The summed E-state index contributed by atoms with van der Waals surface area (Å²) < 4.78 is 5.79. The Hall–Kier alpha value is -2.18. The van der Waals surface area contributed by atoms with Gasteiger partial charge in [0.2, 0.25) is 0 Å². The predicted molar refractivity (Wildman–Crippen MR) is 119 cm³/mol. The van der Waals surface area contributed by atoms with E-state index in [-0.39, 0.29) is 5.75 Å². The topological polar surface area (TPSA) is 67.8 Å². The molecule has 2 fully saturated rings. The summed E-state index contributed by atoms with van der Waals surface area (Å²) in [6.45, 7) is 10.8. The molecule has 1 aliphatic heterocycles. The van der Waals surface area contributed by atoms with Crippen LogP contribution in [0.4, 0.5) is 0 Å². The van der Waals surface area contributed by atoms with Crippen LogP contribution in [0.2, 0.25) is 0 Å². The molecule has 2 aliphatic rings. The summed E-state index contributed by atoms with van der Waals surface area (Å²) in [5.74, 6) is 0.210. The average molecular weight is 426 g/mol. The highest BCUT2D eigenvalue weighted by atomic mass is 32.1. The van der Waals surface area contributed by atoms with Gasteiger partial charge in [-0.15, -0.1) is 11.3 Å². The standard InChI is InChI=1S/C24H28N2O3S/c1-14-11-30-21(25-14)17-7-15-5-6-19(27)18(20(15)29-22(17)28)10-26-13-24(4)9-16(26)8-23(2,3)12-24/h5-7,11,16,27H,8-10,12-13H2,1-4H3/p+1/t16-,24-/m0/s1. The molecule has 1 saturated heterocycles. The van der Waals surface area contributed by atoms with E-state index >= 15 is 0 Å². The van der Waals surface area contributed by atoms with Crippen LogP contribution in [-0.4, -0.2) is 22.7 Å². The first-order valence-corrected chi connectivity index (χ1v) is 11.6. The average Bonchev–Trinajstić information content (AvgIpc) is 3.16. The Bertz CT molecular complexity index is 1190. The van der Waals surface area contributed by atoms with Crippen LogP contribution >= 0.6 is 11.3 Å². The van der Waals surface area contributed by atoms with Gasteiger partial charge in [0.25, 0.3) is 0 Å². The second kappa shape index (κ2) is 6.66. The number of aryl methyl sites for hydroxylation is 1. The molecule has 3 atom stereocenters. The molecule has 1 aliphatic carbocycles. The highest BCUT2D eigenvalue weighted by Gasteiger charge is 2.52. The van der Waals surface area contributed by atoms with Crippen molar-refractivity contribution < 1.29 is 14.4 Å². The van der Waals surface area contributed by atoms with Crippen LogP contribution in [0, 0.1) is 17.8 Å². The van der Waals surface area contributed by atoms with E-state index < -0.39 is 5.63 Å². The molecule has 1 saturated carbocycles. The Morgan fingerprint density at radius 2 is 2.10 bits per heavy atom. The zero-order chi connectivity index (χ0) is 21.3. The molecule has 6 heteroatoms. The number of fused-ring (bicyclic) bond motifs is 3. The lowest BCUT2D eigenvalue weighted by Crippen LogP contribution is -3.12. The first kappa shape index (κ1) is 19.8. The predicted octanol–water partition coefficient (Wildman–Crippen LogP) is 3.91. The zero-order valence-corrected chi connectivity index (χ0v) is 18.9. The molecule has 2 aromatic heterocycles. The summed E-state index contributed by atoms with van der Waals surface area (Å²) in [5, 5.41) is 14.1. The summed E-state index contributed by atoms with van der Waals surface area (Å²) in [6.07, 6.45) is 3.67. The van der Waals surface area contributed by atoms with Crippen molar-refractivity contribution in [1.29, 1.82) is 0 Å². The van der Waals surface area contributed by atoms with Crippen LogP contribution in [0.25, 0.3) is 21.5 Å². The molecule has 1 aromatic carbocycles. The molecule has 2 bridgehead atoms. The van der Waals surface area contributed by atoms with Crippen molar-refractivity contribution in [3.8, 4) is 16.3 Å². The first-order chi connectivity index (χ1) is 14.1. The van der Waals surface area contributed by atoms with Gasteiger partial charge >= 0.3 is 5.63 Å². The number of nitrogens with zero attached hydrogens (tertiary/aromatic N) is 1. The number of phenolic OH excluding ortho intramolecular Hbond substituents is 1. The molecule has 3 heterocycles. The van der Waals surface area contributed by atoms with E-state index in [0.717, 1.165) is 23.2 Å². The molecule has 3 aromatic rings. The van der Waals surface area contributed by atoms with Crippen molar-refractivity contribution in [2.45, 2.75) is 59.5 Å². The minimum atomic E-state index is -0.396. The summed E-state index contributed by atoms with van der Waals surface area (Å²) in [6, 6.07) is 5.98. The van der Waals surface area contributed by atoms with E-state index in [9.17, 15) is 9.90 Å². The number of aromatic nitrogens is 1. The fourth-order valence-corrected chi connectivity index (χ4v) is 7.01. The summed E-state index contributed by atoms with van der Waals surface area (Å²) in [7, 11) is 0. The molecule has 2 N–H and O–H groups in total. The number of quaternary nitrogens is 1. The third-order valence-electron chi connectivity index (χ3n) is 6.91. The molecule has 158 valence electrons. The van der Waals surface area contributed by atoms with Gasteiger partial charge < -0.3 is 14.4 Å². The van der Waals surface area contributed by atoms with Gasteiger partial charge in [-0.3, -0.25) is 0 Å². The maximum absolute atomic E-state index is 12.8. The number of nitrogens with one attached hydrogen (secondary N) is 1. The van der Waals surface area contributed by atoms with Crippen LogP contribution in [0.5, 0.6) is 5.75 Å². The Balaban J connectivity index is 1.54. The van der Waals surface area contributed by atoms with Crippen molar-refractivity contribution in [3.05, 3.63) is 45.3 Å². The van der Waals surface area contributed by atoms with Crippen LogP contribution < -0.4 is 10.5 Å². The van der Waals surface area contributed by atoms with Gasteiger partial charge in [-0.2, -0.15) is 0 Å². The fraction of sp³-hybridized carbons (Fsp3) is 0.500. The summed E-state index contributed by atoms with van der Waals surface area (Å²) >= 11 is 1.44. The van der Waals surface area contributed by atoms with Crippen LogP contribution in [0.3, 0.4) is 0 Å². The maximum Gasteiger partial charge on any atom is 0.346 e. The SMILES string of the molecule is Cc1csc(-c2cc3ccc(O)c(C[NH+]4C[C@@]5(C)C[C@@H]4CC(C)(C)C5)c3oc2=O)n1. The van der Waals surface area contributed by atoms with Crippen molar-refractivity contribution >= 4 is 22.3 Å². The maximum atomic E-state index is 12.8. The van der Waals surface area contributed by atoms with Gasteiger partial charge in [-0.1, -0.05) is 20.8 Å². The van der Waals surface area contributed by atoms with Gasteiger partial charge in [0.1, 0.15) is 17.3 Å². The molecule has 1 unspecified atom stereocenters. The van der Waals surface area contributed by atoms with Crippen molar-refractivity contribution in [2.75, 3.05) is 6.54 Å². The molecule has 30 heavy (non-hydrogen) atoms. The fourth-order valence-electron chi connectivity index (χ4n) is 6.21. The van der Waals surface area contributed by atoms with E-state index in [0.29, 0.717) is 39.6 Å². The summed E-state index contributed by atoms with van der Waals surface area (Å²) in [5.41, 5.74) is 2.93. The van der Waals surface area contributed by atoms with Gasteiger partial charge in [0, 0.05) is 34.7 Å². The van der Waals surface area contributed by atoms with Gasteiger partial charge in [-0.05, 0) is 37.0 Å². The van der Waals surface area contributed by atoms with Gasteiger partial charge in [0.05, 0.1) is 23.7 Å². The molecule has 0 spiro atoms. The number of thiazole rings is 1. The molecule has 5 rings (SSSR count). The number of likely N-dealkylation sites (tertiary alicyclic amines) is 1. The molecular formula is C24H29N2O3S+. The number of benzene rings is 1. The minimum absolute atomic E-state index is 0.210. The van der Waals surface area contributed by atoms with Crippen LogP contribution in [-0.2, 0) is 6.54 Å². The third-order valence-corrected chi connectivity index (χ3v) is 7.90. The number of hydrogen-bond acceptors (Lipinski definition) is 5. The Labute approximate surface area is 180 Å². The number of aromatic hydroxyl groups is 1. The number of phenols is 1. The second-order valence-electron chi connectivity index (χ2n) is 10.5. The Kier molecular flexibility index (Phi) is 4.39. The van der Waals surface area contributed by atoms with Crippen molar-refractivity contribution in [1.82, 2.24) is 4.98 Å². The van der Waals surface area contributed by atoms with E-state index in [4.69, 9.17) is 4.42 Å². The molecule has 0 radical (unpaired) electrons. The lowest BCUT2D eigenvalue weighted by atomic mass is 9.65. The normalized spacial score (nSPS) is 27.6. The highest BCUT2D eigenvalue weighted by Crippen LogP contribution is 2.47. The quantitative estimate of drug-likeness (QED) is 0.625. The van der Waals surface area contributed by atoms with E-state index in [1.165, 1.54) is 35.5 Å². The second-order valence-corrected chi connectivity index (χ2v) is 11.3. The van der Waals surface area contributed by atoms with Crippen molar-refractivity contribution in [2.24, 2.45) is 10.8 Å². The van der Waals surface area contributed by atoms with E-state index in [1.807, 2.05) is 24.4 Å². The Morgan fingerprint density at radius 1 is 1.30 bits per heavy atom. The highest BCUT2D eigenvalue weighted by molar-refractivity contribution is 7.13. The molecular weight excluding hydrogens is 396 g/mol. The molecule has 5 nitrogen and oxygen atoms in total. The van der Waals surface area contributed by atoms with Crippen molar-refractivity contribution in [3.63, 3.8) is 0 Å².